The molecule has 1 aromatic heterocycles. The molecule has 6 heteroatoms. The number of carbonyl (C=O) groups excluding carboxylic acids is 2. The quantitative estimate of drug-likeness (QED) is 0.866. The summed E-state index contributed by atoms with van der Waals surface area (Å²) in [6.07, 6.45) is 6.12. The second-order valence-electron chi connectivity index (χ2n) is 7.96. The third kappa shape index (κ3) is 3.43. The lowest BCUT2D eigenvalue weighted by molar-refractivity contribution is -0.155. The molecule has 1 unspecified atom stereocenters. The summed E-state index contributed by atoms with van der Waals surface area (Å²) >= 11 is 0. The number of amides is 2. The zero-order chi connectivity index (χ0) is 19.6. The van der Waals surface area contributed by atoms with Gasteiger partial charge in [0.05, 0.1) is 18.4 Å². The minimum absolute atomic E-state index is 0.0194. The van der Waals surface area contributed by atoms with Gasteiger partial charge >= 0.3 is 0 Å². The topological polar surface area (TPSA) is 69.3 Å². The van der Waals surface area contributed by atoms with Crippen molar-refractivity contribution < 1.29 is 9.59 Å². The van der Waals surface area contributed by atoms with E-state index in [1.807, 2.05) is 34.9 Å². The maximum Gasteiger partial charge on any atom is 0.248 e. The second kappa shape index (κ2) is 7.78. The summed E-state index contributed by atoms with van der Waals surface area (Å²) < 4.78 is 0. The maximum absolute atomic E-state index is 13.5. The molecule has 1 N–H and O–H groups in total. The van der Waals surface area contributed by atoms with E-state index in [4.69, 9.17) is 0 Å². The lowest BCUT2D eigenvalue weighted by Crippen LogP contribution is -2.61. The molecule has 1 spiro atoms. The number of aryl methyl sites for hydroxylation is 1. The van der Waals surface area contributed by atoms with Crippen LogP contribution in [0.15, 0.2) is 36.7 Å². The van der Waals surface area contributed by atoms with Crippen LogP contribution < -0.4 is 0 Å². The number of aromatic amines is 1. The van der Waals surface area contributed by atoms with Crippen molar-refractivity contribution in [1.29, 1.82) is 0 Å². The highest BCUT2D eigenvalue weighted by Crippen LogP contribution is 2.38. The molecule has 2 amide bonds. The molecule has 148 valence electrons. The van der Waals surface area contributed by atoms with Gasteiger partial charge in [-0.15, -0.1) is 0 Å². The Morgan fingerprint density at radius 3 is 2.64 bits per heavy atom. The molecule has 0 aliphatic carbocycles. The number of aromatic nitrogens is 2. The Labute approximate surface area is 165 Å². The highest BCUT2D eigenvalue weighted by Gasteiger charge is 2.52. The third-order valence-electron chi connectivity index (χ3n) is 6.26. The molecule has 28 heavy (non-hydrogen) atoms. The number of H-pyrrole nitrogens is 1. The summed E-state index contributed by atoms with van der Waals surface area (Å²) in [5.74, 6) is 0.158. The smallest absolute Gasteiger partial charge is 0.248 e. The van der Waals surface area contributed by atoms with Crippen LogP contribution in [-0.4, -0.2) is 56.8 Å². The van der Waals surface area contributed by atoms with Gasteiger partial charge in [-0.05, 0) is 44.6 Å². The number of piperidine rings is 1. The van der Waals surface area contributed by atoms with E-state index < -0.39 is 5.54 Å². The van der Waals surface area contributed by atoms with E-state index in [1.165, 1.54) is 5.56 Å². The number of imidazole rings is 1. The second-order valence-corrected chi connectivity index (χ2v) is 7.96. The summed E-state index contributed by atoms with van der Waals surface area (Å²) in [4.78, 5) is 37.7. The molecule has 2 fully saturated rings. The van der Waals surface area contributed by atoms with E-state index in [0.29, 0.717) is 13.1 Å². The average molecular weight is 380 g/mol. The molecule has 1 atom stereocenters. The maximum atomic E-state index is 13.5. The zero-order valence-electron chi connectivity index (χ0n) is 16.5. The number of likely N-dealkylation sites (tertiary alicyclic amines) is 2. The van der Waals surface area contributed by atoms with Gasteiger partial charge < -0.3 is 14.8 Å². The van der Waals surface area contributed by atoms with Crippen molar-refractivity contribution in [2.45, 2.75) is 51.0 Å². The first kappa shape index (κ1) is 18.7. The van der Waals surface area contributed by atoms with Gasteiger partial charge in [0.2, 0.25) is 11.8 Å². The van der Waals surface area contributed by atoms with Gasteiger partial charge in [0.15, 0.2) is 0 Å². The molecule has 3 heterocycles. The predicted molar refractivity (Wildman–Crippen MR) is 107 cm³/mol. The van der Waals surface area contributed by atoms with E-state index in [-0.39, 0.29) is 18.2 Å². The predicted octanol–water partition coefficient (Wildman–Crippen LogP) is 2.49. The van der Waals surface area contributed by atoms with Crippen molar-refractivity contribution in [1.82, 2.24) is 19.8 Å². The minimum atomic E-state index is -0.643. The van der Waals surface area contributed by atoms with E-state index in [0.717, 1.165) is 50.0 Å². The number of nitrogens with zero attached hydrogens (tertiary/aromatic N) is 3. The van der Waals surface area contributed by atoms with E-state index >= 15 is 0 Å². The molecule has 0 saturated carbocycles. The molecule has 0 bridgehead atoms. The molecule has 2 aromatic rings. The fraction of sp³-hybridized carbons (Fsp3) is 0.500. The molecule has 4 rings (SSSR count). The summed E-state index contributed by atoms with van der Waals surface area (Å²) in [5.41, 5.74) is 2.29. The van der Waals surface area contributed by atoms with E-state index in [2.05, 4.69) is 22.1 Å². The Hall–Kier alpha value is -2.63. The molecule has 0 radical (unpaired) electrons. The largest absolute Gasteiger partial charge is 0.348 e. The molecule has 2 aliphatic rings. The number of benzene rings is 1. The summed E-state index contributed by atoms with van der Waals surface area (Å²) in [7, 11) is 0. The van der Waals surface area contributed by atoms with Gasteiger partial charge in [-0.1, -0.05) is 30.3 Å². The van der Waals surface area contributed by atoms with Crippen LogP contribution >= 0.6 is 0 Å². The fourth-order valence-electron chi connectivity index (χ4n) is 4.72. The first-order chi connectivity index (χ1) is 13.6. The van der Waals surface area contributed by atoms with Crippen LogP contribution in [0, 0.1) is 6.92 Å². The van der Waals surface area contributed by atoms with Crippen LogP contribution in [0.2, 0.25) is 0 Å². The summed E-state index contributed by atoms with van der Waals surface area (Å²) in [6.45, 7) is 4.09. The zero-order valence-corrected chi connectivity index (χ0v) is 16.5. The van der Waals surface area contributed by atoms with Crippen LogP contribution in [0.5, 0.6) is 0 Å². The summed E-state index contributed by atoms with van der Waals surface area (Å²) in [5, 5.41) is 0. The van der Waals surface area contributed by atoms with Gasteiger partial charge in [0, 0.05) is 25.3 Å². The Balaban J connectivity index is 1.47. The summed E-state index contributed by atoms with van der Waals surface area (Å²) in [6, 6.07) is 10.3. The van der Waals surface area contributed by atoms with Crippen LogP contribution in [-0.2, 0) is 22.4 Å². The molecule has 1 aromatic carbocycles. The van der Waals surface area contributed by atoms with E-state index in [1.54, 1.807) is 6.33 Å². The minimum Gasteiger partial charge on any atom is -0.348 e. The average Bonchev–Trinajstić information content (AvgIpc) is 3.31. The number of hydrogen-bond acceptors (Lipinski definition) is 3. The van der Waals surface area contributed by atoms with Gasteiger partial charge in [0.1, 0.15) is 5.54 Å². The highest BCUT2D eigenvalue weighted by atomic mass is 16.2. The van der Waals surface area contributed by atoms with Crippen molar-refractivity contribution in [2.75, 3.05) is 19.6 Å². The van der Waals surface area contributed by atoms with Crippen LogP contribution in [0.3, 0.4) is 0 Å². The van der Waals surface area contributed by atoms with Gasteiger partial charge in [-0.3, -0.25) is 9.59 Å². The lowest BCUT2D eigenvalue weighted by atomic mass is 9.85. The van der Waals surface area contributed by atoms with Gasteiger partial charge in [-0.2, -0.15) is 0 Å². The number of hydrogen-bond donors (Lipinski definition) is 1. The molecule has 2 aliphatic heterocycles. The normalized spacial score (nSPS) is 22.2. The molecular formula is C22H28N4O2. The van der Waals surface area contributed by atoms with Gasteiger partial charge in [-0.25, -0.2) is 4.98 Å². The first-order valence-corrected chi connectivity index (χ1v) is 10.2. The van der Waals surface area contributed by atoms with Crippen molar-refractivity contribution in [2.24, 2.45) is 0 Å². The van der Waals surface area contributed by atoms with Crippen LogP contribution in [0.25, 0.3) is 0 Å². The van der Waals surface area contributed by atoms with E-state index in [9.17, 15) is 9.59 Å². The van der Waals surface area contributed by atoms with Crippen molar-refractivity contribution >= 4 is 11.8 Å². The number of nitrogens with one attached hydrogen (secondary N) is 1. The fourth-order valence-corrected chi connectivity index (χ4v) is 4.72. The van der Waals surface area contributed by atoms with Crippen molar-refractivity contribution in [3.05, 3.63) is 53.6 Å². The number of rotatable bonds is 5. The van der Waals surface area contributed by atoms with Gasteiger partial charge in [0.25, 0.3) is 0 Å². The lowest BCUT2D eigenvalue weighted by Gasteiger charge is -2.44. The third-order valence-corrected chi connectivity index (χ3v) is 6.26. The van der Waals surface area contributed by atoms with Crippen LogP contribution in [0.4, 0.5) is 0 Å². The Bertz CT molecular complexity index is 847. The van der Waals surface area contributed by atoms with Crippen LogP contribution in [0.1, 0.15) is 42.6 Å². The first-order valence-electron chi connectivity index (χ1n) is 10.2. The number of carbonyl (C=O) groups is 2. The highest BCUT2D eigenvalue weighted by molar-refractivity contribution is 5.93. The Morgan fingerprint density at radius 2 is 1.93 bits per heavy atom. The molecular weight excluding hydrogens is 352 g/mol. The monoisotopic (exact) mass is 380 g/mol. The van der Waals surface area contributed by atoms with Crippen molar-refractivity contribution in [3.63, 3.8) is 0 Å². The Kier molecular flexibility index (Phi) is 5.20. The molecule has 6 nitrogen and oxygen atoms in total. The van der Waals surface area contributed by atoms with Crippen molar-refractivity contribution in [3.8, 4) is 0 Å². The molecule has 2 saturated heterocycles. The Morgan fingerprint density at radius 1 is 1.18 bits per heavy atom. The SMILES string of the molecule is Cc1[nH]cnc1CC(=O)N1CCCC12CCCN(CCc1ccccc1)C2=O. The standard InChI is InChI=1S/C22H28N4O2/c1-17-19(24-16-23-17)15-20(27)26-13-6-11-22(26)10-5-12-25(21(22)28)14-9-18-7-3-2-4-8-18/h2-4,7-8,16H,5-6,9-15H2,1H3,(H,23,24).